The molecule has 21 heavy (non-hydrogen) atoms. The zero-order valence-corrected chi connectivity index (χ0v) is 13.7. The molecule has 1 aromatic carbocycles. The zero-order valence-electron chi connectivity index (χ0n) is 13.7. The van der Waals surface area contributed by atoms with E-state index in [0.29, 0.717) is 6.42 Å². The van der Waals surface area contributed by atoms with Gasteiger partial charge in [0.05, 0.1) is 6.04 Å². The van der Waals surface area contributed by atoms with Gasteiger partial charge in [-0.3, -0.25) is 4.79 Å². The van der Waals surface area contributed by atoms with Gasteiger partial charge in [0.1, 0.15) is 0 Å². The highest BCUT2D eigenvalue weighted by Crippen LogP contribution is 2.09. The molecule has 1 aromatic rings. The average molecular weight is 290 g/mol. The van der Waals surface area contributed by atoms with Crippen LogP contribution < -0.4 is 5.73 Å². The standard InChI is InChI=1S/C18H30N2O/c1-4-5-9-14-20(15(2)3)18(21)17(19)13-12-16-10-7-6-8-11-16/h6-8,10-11,15,17H,4-5,9,12-14,19H2,1-3H3/t17-/m0/s1. The number of nitrogens with zero attached hydrogens (tertiary/aromatic N) is 1. The molecule has 0 radical (unpaired) electrons. The summed E-state index contributed by atoms with van der Waals surface area (Å²) in [6.45, 7) is 7.12. The highest BCUT2D eigenvalue weighted by Gasteiger charge is 2.22. The van der Waals surface area contributed by atoms with Crippen molar-refractivity contribution in [2.75, 3.05) is 6.54 Å². The summed E-state index contributed by atoms with van der Waals surface area (Å²) in [5.74, 6) is 0.0945. The highest BCUT2D eigenvalue weighted by atomic mass is 16.2. The number of hydrogen-bond acceptors (Lipinski definition) is 2. The first-order valence-corrected chi connectivity index (χ1v) is 8.16. The lowest BCUT2D eigenvalue weighted by Crippen LogP contribution is -2.47. The first-order chi connectivity index (χ1) is 10.1. The summed E-state index contributed by atoms with van der Waals surface area (Å²) in [6.07, 6.45) is 4.95. The summed E-state index contributed by atoms with van der Waals surface area (Å²) in [5.41, 5.74) is 7.36. The SMILES string of the molecule is CCCCCN(C(=O)[C@@H](N)CCc1ccccc1)C(C)C. The van der Waals surface area contributed by atoms with Gasteiger partial charge in [-0.25, -0.2) is 0 Å². The van der Waals surface area contributed by atoms with Crippen LogP contribution in [0.15, 0.2) is 30.3 Å². The molecule has 3 nitrogen and oxygen atoms in total. The van der Waals surface area contributed by atoms with Crippen LogP contribution in [0.2, 0.25) is 0 Å². The molecule has 118 valence electrons. The average Bonchev–Trinajstić information content (AvgIpc) is 2.49. The molecule has 0 aliphatic heterocycles. The fraction of sp³-hybridized carbons (Fsp3) is 0.611. The largest absolute Gasteiger partial charge is 0.339 e. The maximum atomic E-state index is 12.5. The topological polar surface area (TPSA) is 46.3 Å². The van der Waals surface area contributed by atoms with Gasteiger partial charge in [-0.15, -0.1) is 0 Å². The Kier molecular flexibility index (Phi) is 8.06. The molecule has 0 aromatic heterocycles. The van der Waals surface area contributed by atoms with Gasteiger partial charge in [-0.05, 0) is 38.7 Å². The Labute approximate surface area is 129 Å². The molecule has 2 N–H and O–H groups in total. The quantitative estimate of drug-likeness (QED) is 0.709. The van der Waals surface area contributed by atoms with E-state index in [-0.39, 0.29) is 11.9 Å². The smallest absolute Gasteiger partial charge is 0.239 e. The number of aryl methyl sites for hydroxylation is 1. The Morgan fingerprint density at radius 3 is 2.43 bits per heavy atom. The second-order valence-corrected chi connectivity index (χ2v) is 5.96. The molecule has 0 saturated heterocycles. The van der Waals surface area contributed by atoms with Gasteiger partial charge < -0.3 is 10.6 Å². The molecule has 3 heteroatoms. The second kappa shape index (κ2) is 9.56. The Bertz CT molecular complexity index is 403. The summed E-state index contributed by atoms with van der Waals surface area (Å²) in [6, 6.07) is 10.0. The van der Waals surface area contributed by atoms with E-state index in [1.165, 1.54) is 12.0 Å². The molecule has 1 rings (SSSR count). The van der Waals surface area contributed by atoms with Crippen LogP contribution in [0.5, 0.6) is 0 Å². The summed E-state index contributed by atoms with van der Waals surface area (Å²) < 4.78 is 0. The van der Waals surface area contributed by atoms with Crippen LogP contribution in [-0.4, -0.2) is 29.4 Å². The Balaban J connectivity index is 2.49. The van der Waals surface area contributed by atoms with Crippen LogP contribution >= 0.6 is 0 Å². The van der Waals surface area contributed by atoms with E-state index >= 15 is 0 Å². The van der Waals surface area contributed by atoms with Crippen molar-refractivity contribution in [3.8, 4) is 0 Å². The van der Waals surface area contributed by atoms with Crippen LogP contribution in [-0.2, 0) is 11.2 Å². The van der Waals surface area contributed by atoms with Crippen LogP contribution in [0.3, 0.4) is 0 Å². The predicted molar refractivity (Wildman–Crippen MR) is 89.1 cm³/mol. The molecular weight excluding hydrogens is 260 g/mol. The predicted octanol–water partition coefficient (Wildman–Crippen LogP) is 3.37. The fourth-order valence-electron chi connectivity index (χ4n) is 2.46. The van der Waals surface area contributed by atoms with Crippen molar-refractivity contribution < 1.29 is 4.79 Å². The van der Waals surface area contributed by atoms with Gasteiger partial charge in [0.15, 0.2) is 0 Å². The fourth-order valence-corrected chi connectivity index (χ4v) is 2.46. The van der Waals surface area contributed by atoms with Gasteiger partial charge in [0, 0.05) is 12.6 Å². The maximum absolute atomic E-state index is 12.5. The van der Waals surface area contributed by atoms with E-state index in [4.69, 9.17) is 5.73 Å². The minimum atomic E-state index is -0.394. The van der Waals surface area contributed by atoms with Crippen molar-refractivity contribution in [3.05, 3.63) is 35.9 Å². The first kappa shape index (κ1) is 17.7. The molecule has 0 saturated carbocycles. The molecule has 1 amide bonds. The monoisotopic (exact) mass is 290 g/mol. The van der Waals surface area contributed by atoms with Crippen LogP contribution in [0, 0.1) is 0 Å². The minimum absolute atomic E-state index is 0.0945. The number of hydrogen-bond donors (Lipinski definition) is 1. The van der Waals surface area contributed by atoms with Crippen LogP contribution in [0.4, 0.5) is 0 Å². The highest BCUT2D eigenvalue weighted by molar-refractivity contribution is 5.81. The third kappa shape index (κ3) is 6.30. The molecule has 0 aliphatic rings. The summed E-state index contributed by atoms with van der Waals surface area (Å²) >= 11 is 0. The molecule has 0 bridgehead atoms. The first-order valence-electron chi connectivity index (χ1n) is 8.16. The summed E-state index contributed by atoms with van der Waals surface area (Å²) in [4.78, 5) is 14.4. The van der Waals surface area contributed by atoms with E-state index in [1.54, 1.807) is 0 Å². The lowest BCUT2D eigenvalue weighted by molar-refractivity contribution is -0.134. The number of nitrogens with two attached hydrogens (primary N) is 1. The third-order valence-electron chi connectivity index (χ3n) is 3.81. The van der Waals surface area contributed by atoms with E-state index in [0.717, 1.165) is 25.8 Å². The normalized spacial score (nSPS) is 12.4. The van der Waals surface area contributed by atoms with E-state index in [2.05, 4.69) is 32.9 Å². The number of amides is 1. The lowest BCUT2D eigenvalue weighted by Gasteiger charge is -2.29. The molecule has 0 spiro atoms. The molecule has 1 atom stereocenters. The Morgan fingerprint density at radius 2 is 1.86 bits per heavy atom. The van der Waals surface area contributed by atoms with Crippen molar-refractivity contribution in [2.45, 2.75) is 65.0 Å². The number of carbonyl (C=O) groups excluding carboxylic acids is 1. The second-order valence-electron chi connectivity index (χ2n) is 5.96. The van der Waals surface area contributed by atoms with Gasteiger partial charge >= 0.3 is 0 Å². The summed E-state index contributed by atoms with van der Waals surface area (Å²) in [7, 11) is 0. The van der Waals surface area contributed by atoms with E-state index in [9.17, 15) is 4.79 Å². The number of benzene rings is 1. The zero-order chi connectivity index (χ0) is 15.7. The number of rotatable bonds is 9. The van der Waals surface area contributed by atoms with Crippen molar-refractivity contribution in [1.82, 2.24) is 4.90 Å². The van der Waals surface area contributed by atoms with Gasteiger partial charge in [0.25, 0.3) is 0 Å². The van der Waals surface area contributed by atoms with Crippen molar-refractivity contribution >= 4 is 5.91 Å². The lowest BCUT2D eigenvalue weighted by atomic mass is 10.0. The molecule has 0 aliphatic carbocycles. The van der Waals surface area contributed by atoms with Gasteiger partial charge in [-0.1, -0.05) is 50.1 Å². The Morgan fingerprint density at radius 1 is 1.19 bits per heavy atom. The maximum Gasteiger partial charge on any atom is 0.239 e. The number of carbonyl (C=O) groups is 1. The van der Waals surface area contributed by atoms with Gasteiger partial charge in [0.2, 0.25) is 5.91 Å². The molecule has 0 unspecified atom stereocenters. The van der Waals surface area contributed by atoms with Crippen LogP contribution in [0.1, 0.15) is 52.0 Å². The van der Waals surface area contributed by atoms with E-state index < -0.39 is 6.04 Å². The number of unbranched alkanes of at least 4 members (excludes halogenated alkanes) is 2. The van der Waals surface area contributed by atoms with Crippen LogP contribution in [0.25, 0.3) is 0 Å². The summed E-state index contributed by atoms with van der Waals surface area (Å²) in [5, 5.41) is 0. The van der Waals surface area contributed by atoms with E-state index in [1.807, 2.05) is 23.1 Å². The minimum Gasteiger partial charge on any atom is -0.339 e. The van der Waals surface area contributed by atoms with Crippen molar-refractivity contribution in [2.24, 2.45) is 5.73 Å². The molecule has 0 fully saturated rings. The van der Waals surface area contributed by atoms with Gasteiger partial charge in [-0.2, -0.15) is 0 Å². The van der Waals surface area contributed by atoms with Crippen molar-refractivity contribution in [3.63, 3.8) is 0 Å². The Hall–Kier alpha value is -1.35. The molecule has 0 heterocycles. The molecular formula is C18H30N2O. The third-order valence-corrected chi connectivity index (χ3v) is 3.81. The van der Waals surface area contributed by atoms with Crippen molar-refractivity contribution in [1.29, 1.82) is 0 Å².